The Labute approximate surface area is 64.7 Å². The molecule has 0 saturated carbocycles. The van der Waals surface area contributed by atoms with E-state index in [-0.39, 0.29) is 12.4 Å². The molecule has 2 nitrogen and oxygen atoms in total. The highest BCUT2D eigenvalue weighted by molar-refractivity contribution is 7.05. The third-order valence-electron chi connectivity index (χ3n) is 0.882. The molecular weight excluding hydrogens is 156 g/mol. The molecule has 0 aliphatic rings. The molecule has 0 amide bonds. The van der Waals surface area contributed by atoms with E-state index in [0.717, 1.165) is 13.0 Å². The van der Waals surface area contributed by atoms with E-state index in [0.29, 0.717) is 0 Å². The first-order valence-corrected chi connectivity index (χ1v) is 3.30. The van der Waals surface area contributed by atoms with Crippen LogP contribution in [0.25, 0.3) is 0 Å². The van der Waals surface area contributed by atoms with Crippen LogP contribution in [0.2, 0.25) is 0 Å². The molecule has 52 valence electrons. The van der Waals surface area contributed by atoms with Gasteiger partial charge in [-0.15, -0.1) is 12.4 Å². The van der Waals surface area contributed by atoms with Gasteiger partial charge in [0.2, 0.25) is 0 Å². The summed E-state index contributed by atoms with van der Waals surface area (Å²) in [7, 11) is 0. The molecule has 0 spiro atoms. The van der Waals surface area contributed by atoms with E-state index in [1.54, 1.807) is 6.20 Å². The number of hydrogen-bond donors (Lipinski definition) is 1. The zero-order chi connectivity index (χ0) is 5.82. The molecule has 4 heteroatoms. The minimum Gasteiger partial charge on any atom is -0.330 e. The lowest BCUT2D eigenvalue weighted by Crippen LogP contribution is -2.00. The summed E-state index contributed by atoms with van der Waals surface area (Å²) < 4.78 is 3.93. The largest absolute Gasteiger partial charge is 0.330 e. The third-order valence-corrected chi connectivity index (χ3v) is 1.68. The first-order chi connectivity index (χ1) is 3.93. The van der Waals surface area contributed by atoms with Gasteiger partial charge in [-0.2, -0.15) is 0 Å². The lowest BCUT2D eigenvalue weighted by molar-refractivity contribution is 0.989. The minimum atomic E-state index is 0. The van der Waals surface area contributed by atoms with Crippen LogP contribution in [0.3, 0.4) is 0 Å². The molecule has 0 aromatic carbocycles. The molecule has 1 heterocycles. The van der Waals surface area contributed by atoms with Crippen molar-refractivity contribution in [1.29, 1.82) is 0 Å². The van der Waals surface area contributed by atoms with Gasteiger partial charge >= 0.3 is 0 Å². The van der Waals surface area contributed by atoms with Crippen LogP contribution in [-0.4, -0.2) is 10.9 Å². The average molecular weight is 165 g/mol. The standard InChI is InChI=1S/C5H8N2S.ClH/c6-3-1-5-2-4-7-8-5;/h2,4H,1,3,6H2;1H. The van der Waals surface area contributed by atoms with Gasteiger partial charge < -0.3 is 5.73 Å². The van der Waals surface area contributed by atoms with Crippen molar-refractivity contribution >= 4 is 23.9 Å². The summed E-state index contributed by atoms with van der Waals surface area (Å²) in [5.74, 6) is 0. The number of halogens is 1. The fourth-order valence-electron chi connectivity index (χ4n) is 0.513. The summed E-state index contributed by atoms with van der Waals surface area (Å²) in [5.41, 5.74) is 5.30. The van der Waals surface area contributed by atoms with Crippen molar-refractivity contribution < 1.29 is 0 Å². The Hall–Kier alpha value is -0.120. The van der Waals surface area contributed by atoms with Crippen LogP contribution in [0.5, 0.6) is 0 Å². The van der Waals surface area contributed by atoms with Crippen LogP contribution in [0.4, 0.5) is 0 Å². The van der Waals surface area contributed by atoms with Crippen LogP contribution >= 0.6 is 23.9 Å². The molecule has 2 N–H and O–H groups in total. The predicted molar refractivity (Wildman–Crippen MR) is 42.1 cm³/mol. The second-order valence-corrected chi connectivity index (χ2v) is 2.44. The first kappa shape index (κ1) is 8.88. The molecule has 0 unspecified atom stereocenters. The lowest BCUT2D eigenvalue weighted by Gasteiger charge is -1.84. The highest BCUT2D eigenvalue weighted by atomic mass is 35.5. The van der Waals surface area contributed by atoms with Gasteiger partial charge in [-0.3, -0.25) is 0 Å². The van der Waals surface area contributed by atoms with Crippen LogP contribution in [0.15, 0.2) is 12.3 Å². The molecule has 1 aromatic rings. The maximum atomic E-state index is 5.30. The van der Waals surface area contributed by atoms with Crippen molar-refractivity contribution in [3.63, 3.8) is 0 Å². The summed E-state index contributed by atoms with van der Waals surface area (Å²) in [6, 6.07) is 2.00. The Bertz CT molecular complexity index is 141. The van der Waals surface area contributed by atoms with Crippen molar-refractivity contribution in [2.75, 3.05) is 6.54 Å². The number of nitrogens with zero attached hydrogens (tertiary/aromatic N) is 1. The SMILES string of the molecule is Cl.NCCc1ccns1. The molecule has 0 bridgehead atoms. The van der Waals surface area contributed by atoms with E-state index in [1.807, 2.05) is 6.07 Å². The van der Waals surface area contributed by atoms with Crippen LogP contribution in [0, 0.1) is 0 Å². The Morgan fingerprint density at radius 3 is 2.89 bits per heavy atom. The van der Waals surface area contributed by atoms with Gasteiger partial charge in [0.05, 0.1) is 0 Å². The number of aromatic nitrogens is 1. The van der Waals surface area contributed by atoms with E-state index < -0.39 is 0 Å². The highest BCUT2D eigenvalue weighted by Crippen LogP contribution is 2.02. The van der Waals surface area contributed by atoms with Crippen LogP contribution in [0.1, 0.15) is 4.88 Å². The van der Waals surface area contributed by atoms with Crippen molar-refractivity contribution in [3.8, 4) is 0 Å². The van der Waals surface area contributed by atoms with Gasteiger partial charge in [0, 0.05) is 11.1 Å². The molecule has 1 aromatic heterocycles. The molecular formula is C5H9ClN2S. The van der Waals surface area contributed by atoms with Crippen molar-refractivity contribution in [3.05, 3.63) is 17.1 Å². The average Bonchev–Trinajstić information content (AvgIpc) is 2.19. The Morgan fingerprint density at radius 1 is 1.67 bits per heavy atom. The zero-order valence-electron chi connectivity index (χ0n) is 4.91. The van der Waals surface area contributed by atoms with E-state index in [4.69, 9.17) is 5.73 Å². The fourth-order valence-corrected chi connectivity index (χ4v) is 1.10. The van der Waals surface area contributed by atoms with Gasteiger partial charge in [0.15, 0.2) is 0 Å². The lowest BCUT2D eigenvalue weighted by atomic mass is 10.4. The van der Waals surface area contributed by atoms with Crippen molar-refractivity contribution in [2.45, 2.75) is 6.42 Å². The minimum absolute atomic E-state index is 0. The molecule has 0 aliphatic heterocycles. The Balaban J connectivity index is 0.000000640. The maximum absolute atomic E-state index is 5.30. The van der Waals surface area contributed by atoms with E-state index in [2.05, 4.69) is 4.37 Å². The normalized spacial score (nSPS) is 8.56. The summed E-state index contributed by atoms with van der Waals surface area (Å²) in [5, 5.41) is 0. The van der Waals surface area contributed by atoms with Crippen LogP contribution < -0.4 is 5.73 Å². The molecule has 0 saturated heterocycles. The number of rotatable bonds is 2. The second kappa shape index (κ2) is 4.73. The topological polar surface area (TPSA) is 38.9 Å². The first-order valence-electron chi connectivity index (χ1n) is 2.53. The summed E-state index contributed by atoms with van der Waals surface area (Å²) >= 11 is 1.52. The second-order valence-electron chi connectivity index (χ2n) is 1.52. The summed E-state index contributed by atoms with van der Waals surface area (Å²) in [4.78, 5) is 1.27. The van der Waals surface area contributed by atoms with Gasteiger partial charge in [-0.25, -0.2) is 4.37 Å². The predicted octanol–water partition coefficient (Wildman–Crippen LogP) is 1.07. The van der Waals surface area contributed by atoms with Crippen molar-refractivity contribution in [2.24, 2.45) is 5.73 Å². The quantitative estimate of drug-likeness (QED) is 0.710. The number of nitrogens with two attached hydrogens (primary N) is 1. The molecule has 9 heavy (non-hydrogen) atoms. The molecule has 0 atom stereocenters. The van der Waals surface area contributed by atoms with Gasteiger partial charge in [-0.1, -0.05) is 0 Å². The van der Waals surface area contributed by atoms with Gasteiger partial charge in [-0.05, 0) is 30.6 Å². The summed E-state index contributed by atoms with van der Waals surface area (Å²) in [6.07, 6.45) is 2.76. The fraction of sp³-hybridized carbons (Fsp3) is 0.400. The van der Waals surface area contributed by atoms with Crippen LogP contribution in [-0.2, 0) is 6.42 Å². The Kier molecular flexibility index (Phi) is 4.67. The monoisotopic (exact) mass is 164 g/mol. The van der Waals surface area contributed by atoms with Crippen molar-refractivity contribution in [1.82, 2.24) is 4.37 Å². The molecule has 0 aliphatic carbocycles. The third kappa shape index (κ3) is 2.79. The maximum Gasteiger partial charge on any atom is 0.0409 e. The molecule has 0 fully saturated rings. The summed E-state index contributed by atoms with van der Waals surface area (Å²) in [6.45, 7) is 0.724. The van der Waals surface area contributed by atoms with Gasteiger partial charge in [0.1, 0.15) is 0 Å². The van der Waals surface area contributed by atoms with E-state index >= 15 is 0 Å². The molecule has 1 rings (SSSR count). The Morgan fingerprint density at radius 2 is 2.44 bits per heavy atom. The smallest absolute Gasteiger partial charge is 0.0409 e. The highest BCUT2D eigenvalue weighted by Gasteiger charge is 1.88. The molecule has 0 radical (unpaired) electrons. The number of hydrogen-bond acceptors (Lipinski definition) is 3. The zero-order valence-corrected chi connectivity index (χ0v) is 6.54. The van der Waals surface area contributed by atoms with E-state index in [1.165, 1.54) is 16.4 Å². The van der Waals surface area contributed by atoms with E-state index in [9.17, 15) is 0 Å². The van der Waals surface area contributed by atoms with Gasteiger partial charge in [0.25, 0.3) is 0 Å².